The van der Waals surface area contributed by atoms with Gasteiger partial charge in [-0.25, -0.2) is 0 Å². The van der Waals surface area contributed by atoms with E-state index < -0.39 is 117 Å². The van der Waals surface area contributed by atoms with Crippen LogP contribution in [-0.4, -0.2) is 162 Å². The summed E-state index contributed by atoms with van der Waals surface area (Å²) >= 11 is 0. The van der Waals surface area contributed by atoms with Gasteiger partial charge in [0.1, 0.15) is 72.2 Å². The van der Waals surface area contributed by atoms with Crippen LogP contribution in [0.3, 0.4) is 0 Å². The molecule has 0 aromatic carbocycles. The Labute approximate surface area is 209 Å². The van der Waals surface area contributed by atoms with E-state index in [1.54, 1.807) is 0 Å². The van der Waals surface area contributed by atoms with Crippen LogP contribution in [0, 0.1) is 5.92 Å². The van der Waals surface area contributed by atoms with Crippen molar-refractivity contribution in [3.63, 3.8) is 0 Å². The van der Waals surface area contributed by atoms with Crippen molar-refractivity contribution in [3.8, 4) is 0 Å². The molecule has 4 aliphatic heterocycles. The topological polar surface area (TPSA) is 261 Å². The fraction of sp³-hybridized carbons (Fsp3) is 0.905. The van der Waals surface area contributed by atoms with E-state index in [0.29, 0.717) is 0 Å². The molecule has 5 rings (SSSR count). The van der Waals surface area contributed by atoms with Gasteiger partial charge >= 0.3 is 0 Å². The van der Waals surface area contributed by atoms with E-state index in [9.17, 15) is 51.1 Å². The van der Waals surface area contributed by atoms with Crippen LogP contribution in [0.4, 0.5) is 0 Å². The molecule has 5 aliphatic rings. The monoisotopic (exact) mass is 540 g/mol. The van der Waals surface area contributed by atoms with Gasteiger partial charge in [0.25, 0.3) is 0 Å². The zero-order valence-electron chi connectivity index (χ0n) is 19.3. The molecular weight excluding hydrogens is 508 g/mol. The second kappa shape index (κ2) is 9.84. The summed E-state index contributed by atoms with van der Waals surface area (Å²) in [5.74, 6) is -1.23. The zero-order chi connectivity index (χ0) is 26.9. The molecule has 16 atom stereocenters. The van der Waals surface area contributed by atoms with Gasteiger partial charge in [-0.15, -0.1) is 0 Å². The summed E-state index contributed by atoms with van der Waals surface area (Å²) in [6, 6.07) is 0. The highest BCUT2D eigenvalue weighted by Crippen LogP contribution is 2.63. The molecule has 10 N–H and O–H groups in total. The van der Waals surface area contributed by atoms with Crippen LogP contribution >= 0.6 is 0 Å². The van der Waals surface area contributed by atoms with Gasteiger partial charge in [-0.1, -0.05) is 0 Å². The van der Waals surface area contributed by atoms with E-state index in [-0.39, 0.29) is 0 Å². The molecule has 37 heavy (non-hydrogen) atoms. The number of aliphatic hydroxyl groups excluding tert-OH is 10. The SMILES string of the molecule is OC[C@H]1O[C@@H](O[C@@H]2OC=C[C@@]3(O[C@@H]4O[C@H](CO)[C@@H](O)[C@H](O)[C@H]4O)[C@H](O)[C@@H]4O[C@]4(CO)[C@@H]23)[C@H](O)[C@@H](O)[C@@H]1O. The normalized spacial score (nSPS) is 56.9. The van der Waals surface area contributed by atoms with Crippen LogP contribution in [0.25, 0.3) is 0 Å². The number of hydrogen-bond acceptors (Lipinski definition) is 16. The fourth-order valence-electron chi connectivity index (χ4n) is 5.73. The first-order valence-electron chi connectivity index (χ1n) is 11.8. The highest BCUT2D eigenvalue weighted by Gasteiger charge is 2.82. The highest BCUT2D eigenvalue weighted by atomic mass is 16.8. The Morgan fingerprint density at radius 3 is 1.84 bits per heavy atom. The second-order valence-corrected chi connectivity index (χ2v) is 9.88. The third kappa shape index (κ3) is 4.03. The van der Waals surface area contributed by atoms with Crippen molar-refractivity contribution in [2.24, 2.45) is 5.92 Å². The lowest BCUT2D eigenvalue weighted by atomic mass is 9.81. The summed E-state index contributed by atoms with van der Waals surface area (Å²) in [7, 11) is 0. The molecule has 0 unspecified atom stereocenters. The molecule has 0 aromatic heterocycles. The Balaban J connectivity index is 1.44. The van der Waals surface area contributed by atoms with Crippen LogP contribution in [0.2, 0.25) is 0 Å². The molecule has 0 bridgehead atoms. The maximum absolute atomic E-state index is 11.2. The van der Waals surface area contributed by atoms with Gasteiger partial charge in [0, 0.05) is 0 Å². The minimum Gasteiger partial charge on any atom is -0.472 e. The van der Waals surface area contributed by atoms with Gasteiger partial charge in [-0.3, -0.25) is 0 Å². The van der Waals surface area contributed by atoms with Gasteiger partial charge in [-0.05, 0) is 6.08 Å². The molecule has 1 aliphatic carbocycles. The van der Waals surface area contributed by atoms with Gasteiger partial charge < -0.3 is 79.5 Å². The van der Waals surface area contributed by atoms with E-state index in [0.717, 1.165) is 6.26 Å². The average Bonchev–Trinajstić information content (AvgIpc) is 3.59. The number of rotatable bonds is 7. The Bertz CT molecular complexity index is 856. The lowest BCUT2D eigenvalue weighted by Crippen LogP contribution is -2.65. The summed E-state index contributed by atoms with van der Waals surface area (Å²) in [4.78, 5) is 0. The molecule has 0 amide bonds. The highest BCUT2D eigenvalue weighted by molar-refractivity contribution is 5.33. The summed E-state index contributed by atoms with van der Waals surface area (Å²) in [5.41, 5.74) is -3.34. The molecule has 0 aromatic rings. The molecule has 4 heterocycles. The van der Waals surface area contributed by atoms with Crippen molar-refractivity contribution in [1.29, 1.82) is 0 Å². The van der Waals surface area contributed by atoms with Gasteiger partial charge in [0.15, 0.2) is 12.6 Å². The maximum Gasteiger partial charge on any atom is 0.210 e. The minimum atomic E-state index is -1.85. The van der Waals surface area contributed by atoms with Crippen LogP contribution in [0.5, 0.6) is 0 Å². The van der Waals surface area contributed by atoms with Crippen molar-refractivity contribution in [1.82, 2.24) is 0 Å². The molecule has 16 nitrogen and oxygen atoms in total. The number of fused-ring (bicyclic) bond motifs is 3. The molecule has 1 saturated carbocycles. The van der Waals surface area contributed by atoms with Crippen molar-refractivity contribution < 1.29 is 79.5 Å². The summed E-state index contributed by atoms with van der Waals surface area (Å²) in [6.07, 6.45) is -18.0. The first-order chi connectivity index (χ1) is 17.6. The van der Waals surface area contributed by atoms with E-state index in [1.165, 1.54) is 6.08 Å². The van der Waals surface area contributed by atoms with E-state index >= 15 is 0 Å². The van der Waals surface area contributed by atoms with Crippen LogP contribution in [-0.2, 0) is 28.4 Å². The van der Waals surface area contributed by atoms with E-state index in [4.69, 9.17) is 28.4 Å². The largest absolute Gasteiger partial charge is 0.472 e. The first-order valence-corrected chi connectivity index (χ1v) is 11.8. The summed E-state index contributed by atoms with van der Waals surface area (Å²) < 4.78 is 33.7. The minimum absolute atomic E-state index is 0.648. The van der Waals surface area contributed by atoms with Crippen LogP contribution in [0.1, 0.15) is 0 Å². The van der Waals surface area contributed by atoms with Crippen molar-refractivity contribution in [2.45, 2.75) is 91.1 Å². The second-order valence-electron chi connectivity index (χ2n) is 9.88. The Hall–Kier alpha value is -1.06. The zero-order valence-corrected chi connectivity index (χ0v) is 19.3. The number of aliphatic hydroxyl groups is 10. The Kier molecular flexibility index (Phi) is 7.32. The summed E-state index contributed by atoms with van der Waals surface area (Å²) in [6.45, 7) is -2.09. The fourth-order valence-corrected chi connectivity index (χ4v) is 5.73. The molecule has 3 saturated heterocycles. The molecule has 4 fully saturated rings. The lowest BCUT2D eigenvalue weighted by Gasteiger charge is -2.49. The van der Waals surface area contributed by atoms with E-state index in [2.05, 4.69) is 0 Å². The first kappa shape index (κ1) is 27.5. The third-order valence-electron chi connectivity index (χ3n) is 7.88. The molecule has 16 heteroatoms. The van der Waals surface area contributed by atoms with Crippen LogP contribution in [0.15, 0.2) is 12.3 Å². The number of epoxide rings is 1. The number of hydrogen-bond donors (Lipinski definition) is 10. The van der Waals surface area contributed by atoms with Crippen molar-refractivity contribution in [3.05, 3.63) is 12.3 Å². The van der Waals surface area contributed by atoms with Gasteiger partial charge in [0.05, 0.1) is 32.0 Å². The quantitative estimate of drug-likeness (QED) is 0.135. The van der Waals surface area contributed by atoms with Gasteiger partial charge in [0.2, 0.25) is 6.29 Å². The predicted molar refractivity (Wildman–Crippen MR) is 111 cm³/mol. The summed E-state index contributed by atoms with van der Waals surface area (Å²) in [5, 5.41) is 102. The number of ether oxygens (including phenoxy) is 6. The van der Waals surface area contributed by atoms with Crippen molar-refractivity contribution in [2.75, 3.05) is 19.8 Å². The predicted octanol–water partition coefficient (Wildman–Crippen LogP) is -6.65. The van der Waals surface area contributed by atoms with E-state index in [1.807, 2.05) is 0 Å². The lowest BCUT2D eigenvalue weighted by molar-refractivity contribution is -0.371. The van der Waals surface area contributed by atoms with Crippen molar-refractivity contribution >= 4 is 0 Å². The third-order valence-corrected chi connectivity index (χ3v) is 7.88. The standard InChI is InChI=1S/C21H32O16/c22-3-6-8(25)10(27)12(29)17(33-6)35-19-14-20(1-2-32-19,15(31)16-21(14,5-24)36-16)37-18-13(30)11(28)9(26)7(4-23)34-18/h1-2,6-19,22-31H,3-5H2/t6-,7-,8-,9-,10+,11+,12-,13-,14+,15-,16+,17+,18+,19+,20+,21-/m1/s1. The smallest absolute Gasteiger partial charge is 0.210 e. The van der Waals surface area contributed by atoms with Gasteiger partial charge in [-0.2, -0.15) is 0 Å². The molecule has 212 valence electrons. The Morgan fingerprint density at radius 2 is 1.27 bits per heavy atom. The Morgan fingerprint density at radius 1 is 0.703 bits per heavy atom. The average molecular weight is 540 g/mol. The molecule has 0 spiro atoms. The van der Waals surface area contributed by atoms with Crippen LogP contribution < -0.4 is 0 Å². The molecule has 0 radical (unpaired) electrons. The maximum atomic E-state index is 11.2. The molecular formula is C21H32O16.